The molecule has 2 aromatic carbocycles. The number of hydrogen-bond acceptors (Lipinski definition) is 6. The number of pyridine rings is 1. The first-order valence-corrected chi connectivity index (χ1v) is 14.8. The number of primary amides is 1. The molecule has 17 heteroatoms. The van der Waals surface area contributed by atoms with Crippen LogP contribution in [0.3, 0.4) is 0 Å². The Bertz CT molecular complexity index is 1980. The molecule has 5 rings (SSSR count). The Morgan fingerprint density at radius 3 is 2.20 bits per heavy atom. The molecule has 50 heavy (non-hydrogen) atoms. The lowest BCUT2D eigenvalue weighted by molar-refractivity contribution is -0.132. The highest BCUT2D eigenvalue weighted by atomic mass is 19.3. The Labute approximate surface area is 277 Å². The van der Waals surface area contributed by atoms with Crippen molar-refractivity contribution >= 4 is 17.7 Å². The molecule has 8 nitrogen and oxygen atoms in total. The third-order valence-corrected chi connectivity index (χ3v) is 7.93. The number of aromatic nitrogens is 3. The topological polar surface area (TPSA) is 117 Å². The van der Waals surface area contributed by atoms with E-state index in [9.17, 15) is 53.9 Å². The molecule has 0 unspecified atom stereocenters. The molecule has 264 valence electrons. The Morgan fingerprint density at radius 1 is 0.920 bits per heavy atom. The van der Waals surface area contributed by atoms with Crippen LogP contribution in [0, 0.1) is 17.5 Å². The molecule has 0 bridgehead atoms. The molecule has 0 saturated carbocycles. The molecule has 2 aromatic heterocycles. The van der Waals surface area contributed by atoms with Gasteiger partial charge in [0.05, 0.1) is 16.8 Å². The summed E-state index contributed by atoms with van der Waals surface area (Å²) in [6, 6.07) is 8.07. The fourth-order valence-corrected chi connectivity index (χ4v) is 5.92. The second-order valence-corrected chi connectivity index (χ2v) is 11.6. The van der Waals surface area contributed by atoms with E-state index in [4.69, 9.17) is 10.5 Å². The van der Waals surface area contributed by atoms with Crippen molar-refractivity contribution < 1.29 is 58.6 Å². The number of alkyl halides is 6. The van der Waals surface area contributed by atoms with Crippen LogP contribution in [0.4, 0.5) is 39.5 Å². The molecule has 0 saturated heterocycles. The second-order valence-electron chi connectivity index (χ2n) is 11.6. The van der Waals surface area contributed by atoms with Gasteiger partial charge < -0.3 is 10.5 Å². The van der Waals surface area contributed by atoms with E-state index in [2.05, 4.69) is 10.1 Å². The third kappa shape index (κ3) is 7.50. The van der Waals surface area contributed by atoms with Crippen molar-refractivity contribution in [3.63, 3.8) is 0 Å². The molecule has 1 atom stereocenters. The van der Waals surface area contributed by atoms with E-state index in [0.717, 1.165) is 31.2 Å². The number of carbonyl (C=O) groups is 3. The molecule has 0 aliphatic heterocycles. The molecule has 1 aliphatic carbocycles. The zero-order valence-electron chi connectivity index (χ0n) is 25.8. The van der Waals surface area contributed by atoms with Gasteiger partial charge in [-0.05, 0) is 47.9 Å². The van der Waals surface area contributed by atoms with Gasteiger partial charge in [0, 0.05) is 49.8 Å². The average molecular weight is 713 g/mol. The van der Waals surface area contributed by atoms with Crippen LogP contribution < -0.4 is 10.5 Å². The van der Waals surface area contributed by atoms with E-state index in [1.165, 1.54) is 18.2 Å². The molecule has 0 fully saturated rings. The summed E-state index contributed by atoms with van der Waals surface area (Å²) in [4.78, 5) is 41.5. The van der Waals surface area contributed by atoms with Gasteiger partial charge in [-0.1, -0.05) is 6.07 Å². The van der Waals surface area contributed by atoms with E-state index in [1.54, 1.807) is 0 Å². The van der Waals surface area contributed by atoms with Crippen LogP contribution in [0.25, 0.3) is 11.1 Å². The molecule has 2 heterocycles. The lowest BCUT2D eigenvalue weighted by Crippen LogP contribution is -2.33. The van der Waals surface area contributed by atoms with E-state index in [-0.39, 0.29) is 32.9 Å². The van der Waals surface area contributed by atoms with Crippen molar-refractivity contribution in [1.82, 2.24) is 14.8 Å². The van der Waals surface area contributed by atoms with Crippen molar-refractivity contribution in [2.45, 2.75) is 63.3 Å². The maximum Gasteiger partial charge on any atom is 0.309 e. The highest BCUT2D eigenvalue weighted by Gasteiger charge is 2.55. The molecular formula is C33H25F9N4O4. The number of ether oxygens (including phenoxy) is 1. The van der Waals surface area contributed by atoms with Gasteiger partial charge in [0.25, 0.3) is 24.2 Å². The van der Waals surface area contributed by atoms with E-state index < -0.39 is 114 Å². The van der Waals surface area contributed by atoms with Gasteiger partial charge >= 0.3 is 5.97 Å². The average Bonchev–Trinajstić information content (AvgIpc) is 3.41. The number of carbonyl (C=O) groups excluding carboxylic acids is 3. The fraction of sp³-hybridized carbons (Fsp3) is 0.303. The Kier molecular flexibility index (Phi) is 9.80. The Morgan fingerprint density at radius 2 is 1.58 bits per heavy atom. The highest BCUT2D eigenvalue weighted by Crippen LogP contribution is 2.52. The first-order valence-electron chi connectivity index (χ1n) is 14.8. The van der Waals surface area contributed by atoms with Crippen molar-refractivity contribution in [3.8, 4) is 17.0 Å². The molecule has 2 N–H and O–H groups in total. The molecule has 0 spiro atoms. The predicted octanol–water partition coefficient (Wildman–Crippen LogP) is 7.29. The minimum absolute atomic E-state index is 0.0505. The fourth-order valence-electron chi connectivity index (χ4n) is 5.92. The number of Topliss-reactive ketones (excluding diaryl/α,β-unsaturated/α-hetero) is 1. The normalized spacial score (nSPS) is 15.4. The summed E-state index contributed by atoms with van der Waals surface area (Å²) in [5.41, 5.74) is -0.105. The number of benzene rings is 2. The van der Waals surface area contributed by atoms with Crippen LogP contribution in [0.1, 0.15) is 77.1 Å². The van der Waals surface area contributed by atoms with Crippen LogP contribution in [0.15, 0.2) is 48.5 Å². The number of ketones is 1. The number of nitrogens with zero attached hydrogens (tertiary/aromatic N) is 3. The largest absolute Gasteiger partial charge is 0.408 e. The van der Waals surface area contributed by atoms with E-state index >= 15 is 0 Å². The second kappa shape index (κ2) is 13.6. The van der Waals surface area contributed by atoms with Gasteiger partial charge in [-0.3, -0.25) is 19.1 Å². The summed E-state index contributed by atoms with van der Waals surface area (Å²) < 4.78 is 135. The summed E-state index contributed by atoms with van der Waals surface area (Å²) in [6.07, 6.45) is -7.71. The van der Waals surface area contributed by atoms with Gasteiger partial charge in [-0.15, -0.1) is 0 Å². The minimum atomic E-state index is -4.09. The molecular weight excluding hydrogens is 687 g/mol. The van der Waals surface area contributed by atoms with Crippen molar-refractivity contribution in [2.24, 2.45) is 5.73 Å². The summed E-state index contributed by atoms with van der Waals surface area (Å²) in [7, 11) is 0. The minimum Gasteiger partial charge on any atom is -0.408 e. The van der Waals surface area contributed by atoms with Crippen LogP contribution >= 0.6 is 0 Å². The highest BCUT2D eigenvalue weighted by molar-refractivity contribution is 5.94. The van der Waals surface area contributed by atoms with Crippen molar-refractivity contribution in [3.05, 3.63) is 99.8 Å². The molecule has 0 radical (unpaired) electrons. The van der Waals surface area contributed by atoms with Gasteiger partial charge in [0.2, 0.25) is 5.88 Å². The Hall–Kier alpha value is -5.22. The van der Waals surface area contributed by atoms with Gasteiger partial charge in [0.15, 0.2) is 5.78 Å². The summed E-state index contributed by atoms with van der Waals surface area (Å²) in [5.74, 6) is -15.8. The first-order chi connectivity index (χ1) is 23.4. The number of rotatable bonds is 11. The smallest absolute Gasteiger partial charge is 0.309 e. The quantitative estimate of drug-likeness (QED) is 0.129. The zero-order valence-corrected chi connectivity index (χ0v) is 25.8. The SMILES string of the molecule is CC(=O)Oc1ccc(-c2ccc(F)c(C(N)=O)c2)c([C@@H](CC(=O)Cn2nc(C(F)F)c3c2C(F)(F)CCC3(F)F)Cc2cc(F)cc(F)c2)n1. The van der Waals surface area contributed by atoms with Crippen LogP contribution in [-0.4, -0.2) is 32.4 Å². The Balaban J connectivity index is 1.64. The maximum atomic E-state index is 15.0. The van der Waals surface area contributed by atoms with Crippen LogP contribution in [0.2, 0.25) is 0 Å². The molecule has 1 amide bonds. The lowest BCUT2D eigenvalue weighted by atomic mass is 9.86. The maximum absolute atomic E-state index is 15.0. The number of halogens is 9. The van der Waals surface area contributed by atoms with Gasteiger partial charge in [-0.2, -0.15) is 13.9 Å². The van der Waals surface area contributed by atoms with Gasteiger partial charge in [-0.25, -0.2) is 35.7 Å². The van der Waals surface area contributed by atoms with Crippen molar-refractivity contribution in [2.75, 3.05) is 0 Å². The van der Waals surface area contributed by atoms with Crippen LogP contribution in [0.5, 0.6) is 5.88 Å². The predicted molar refractivity (Wildman–Crippen MR) is 156 cm³/mol. The van der Waals surface area contributed by atoms with Crippen molar-refractivity contribution in [1.29, 1.82) is 0 Å². The monoisotopic (exact) mass is 712 g/mol. The number of hydrogen-bond donors (Lipinski definition) is 1. The van der Waals surface area contributed by atoms with E-state index in [0.29, 0.717) is 6.07 Å². The first kappa shape index (κ1) is 36.1. The number of nitrogens with two attached hydrogens (primary N) is 1. The molecule has 1 aliphatic rings. The zero-order chi connectivity index (χ0) is 36.7. The third-order valence-electron chi connectivity index (χ3n) is 7.93. The van der Waals surface area contributed by atoms with E-state index in [1.807, 2.05) is 0 Å². The molecule has 4 aromatic rings. The van der Waals surface area contributed by atoms with Crippen LogP contribution in [-0.2, 0) is 34.4 Å². The summed E-state index contributed by atoms with van der Waals surface area (Å²) in [5, 5.41) is 3.29. The number of amides is 1. The number of fused-ring (bicyclic) bond motifs is 1. The summed E-state index contributed by atoms with van der Waals surface area (Å²) >= 11 is 0. The standard InChI is InChI=1S/C33H25F9N4O4/c1-15(47)50-25-5-3-22(17-2-4-24(36)23(12-17)31(43)49)27(44-25)18(8-16-9-19(34)13-20(35)10-16)11-21(48)14-46-29-26(28(45-46)30(37)38)32(39,40)6-7-33(29,41)42/h2-5,9-10,12-13,18,30H,6-8,11,14H2,1H3,(H2,43,49)/t18-/m1/s1. The van der Waals surface area contributed by atoms with Gasteiger partial charge in [0.1, 0.15) is 35.4 Å². The summed E-state index contributed by atoms with van der Waals surface area (Å²) in [6.45, 7) is -0.154. The lowest BCUT2D eigenvalue weighted by Gasteiger charge is -2.29. The number of esters is 1.